The number of hydrogen-bond acceptors (Lipinski definition) is 2. The topological polar surface area (TPSA) is 18.5 Å². The van der Waals surface area contributed by atoms with Crippen molar-refractivity contribution >= 4 is 0 Å². The molecular weight excluding hydrogens is 406 g/mol. The zero-order valence-electron chi connectivity index (χ0n) is 20.3. The molecule has 3 aliphatic carbocycles. The molecule has 0 radical (unpaired) electrons. The van der Waals surface area contributed by atoms with E-state index in [1.165, 1.54) is 70.6 Å². The van der Waals surface area contributed by atoms with E-state index in [4.69, 9.17) is 9.47 Å². The van der Waals surface area contributed by atoms with Gasteiger partial charge in [-0.2, -0.15) is 8.78 Å². The summed E-state index contributed by atoms with van der Waals surface area (Å²) in [6, 6.07) is 0. The molecule has 2 nitrogen and oxygen atoms in total. The molecule has 3 saturated carbocycles. The minimum absolute atomic E-state index is 0.0515. The van der Waals surface area contributed by atoms with Gasteiger partial charge in [-0.3, -0.25) is 0 Å². The largest absolute Gasteiger partial charge is 0.352 e. The molecule has 0 atom stereocenters. The molecule has 1 aliphatic heterocycles. The number of rotatable bonds is 7. The lowest BCUT2D eigenvalue weighted by Crippen LogP contribution is -2.31. The molecule has 1 saturated heterocycles. The van der Waals surface area contributed by atoms with Crippen molar-refractivity contribution in [3.63, 3.8) is 0 Å². The molecule has 184 valence electrons. The van der Waals surface area contributed by atoms with Crippen LogP contribution in [0.25, 0.3) is 0 Å². The summed E-state index contributed by atoms with van der Waals surface area (Å²) < 4.78 is 36.4. The molecule has 0 aromatic rings. The van der Waals surface area contributed by atoms with E-state index >= 15 is 0 Å². The first-order chi connectivity index (χ1) is 15.6. The SMILES string of the molecule is CC1COC(CCC2CCC(C3CCC(C4CCC(CC=C(F)F)CC4)CC3)CC2)OC1. The molecule has 0 spiro atoms. The maximum atomic E-state index is 12.3. The highest BCUT2D eigenvalue weighted by Crippen LogP contribution is 2.46. The third-order valence-electron chi connectivity index (χ3n) is 9.48. The van der Waals surface area contributed by atoms with Crippen LogP contribution in [-0.4, -0.2) is 19.5 Å². The van der Waals surface area contributed by atoms with Gasteiger partial charge in [0.1, 0.15) is 0 Å². The van der Waals surface area contributed by atoms with E-state index in [-0.39, 0.29) is 6.29 Å². The van der Waals surface area contributed by atoms with Crippen LogP contribution in [0.5, 0.6) is 0 Å². The average molecular weight is 453 g/mol. The Morgan fingerprint density at radius 1 is 0.656 bits per heavy atom. The first-order valence-electron chi connectivity index (χ1n) is 13.8. The van der Waals surface area contributed by atoms with E-state index in [2.05, 4.69) is 6.92 Å². The molecule has 0 amide bonds. The third-order valence-corrected chi connectivity index (χ3v) is 9.48. The van der Waals surface area contributed by atoms with Gasteiger partial charge in [0.25, 0.3) is 6.08 Å². The van der Waals surface area contributed by atoms with Crippen molar-refractivity contribution in [2.24, 2.45) is 41.4 Å². The van der Waals surface area contributed by atoms with E-state index < -0.39 is 6.08 Å². The van der Waals surface area contributed by atoms with Crippen LogP contribution < -0.4 is 0 Å². The first kappa shape index (κ1) is 24.6. The summed E-state index contributed by atoms with van der Waals surface area (Å²) in [5.74, 6) is 5.64. The average Bonchev–Trinajstić information content (AvgIpc) is 2.83. The molecule has 4 aliphatic rings. The van der Waals surface area contributed by atoms with Gasteiger partial charge in [0.15, 0.2) is 6.29 Å². The summed E-state index contributed by atoms with van der Waals surface area (Å²) in [4.78, 5) is 0. The predicted octanol–water partition coefficient (Wildman–Crippen LogP) is 8.37. The maximum absolute atomic E-state index is 12.3. The second-order valence-corrected chi connectivity index (χ2v) is 11.7. The molecule has 0 N–H and O–H groups in total. The monoisotopic (exact) mass is 452 g/mol. The quantitative estimate of drug-likeness (QED) is 0.386. The van der Waals surface area contributed by atoms with Gasteiger partial charge in [0, 0.05) is 5.92 Å². The standard InChI is InChI=1S/C28H46F2O2/c1-20-18-31-28(32-19-20)17-7-22-4-10-24(11-5-22)26-14-12-25(13-15-26)23-8-2-21(3-9-23)6-16-27(29)30/h16,20-26,28H,2-15,17-19H2,1H3. The molecule has 1 heterocycles. The lowest BCUT2D eigenvalue weighted by atomic mass is 9.64. The van der Waals surface area contributed by atoms with Crippen molar-refractivity contribution in [1.29, 1.82) is 0 Å². The molecule has 4 rings (SSSR count). The van der Waals surface area contributed by atoms with Crippen LogP contribution >= 0.6 is 0 Å². The minimum atomic E-state index is -1.50. The van der Waals surface area contributed by atoms with Crippen molar-refractivity contribution in [3.05, 3.63) is 12.2 Å². The Bertz CT molecular complexity index is 558. The molecule has 0 aromatic heterocycles. The highest BCUT2D eigenvalue weighted by Gasteiger charge is 2.34. The van der Waals surface area contributed by atoms with Crippen LogP contribution in [0.2, 0.25) is 0 Å². The molecule has 32 heavy (non-hydrogen) atoms. The van der Waals surface area contributed by atoms with Crippen molar-refractivity contribution in [1.82, 2.24) is 0 Å². The minimum Gasteiger partial charge on any atom is -0.352 e. The van der Waals surface area contributed by atoms with Crippen LogP contribution in [0, 0.1) is 41.4 Å². The molecular formula is C28H46F2O2. The Balaban J connectivity index is 1.09. The van der Waals surface area contributed by atoms with E-state index in [0.29, 0.717) is 18.3 Å². The number of halogens is 2. The number of hydrogen-bond donors (Lipinski definition) is 0. The van der Waals surface area contributed by atoms with Gasteiger partial charge in [-0.05, 0) is 125 Å². The van der Waals surface area contributed by atoms with Crippen molar-refractivity contribution in [3.8, 4) is 0 Å². The van der Waals surface area contributed by atoms with E-state index in [9.17, 15) is 8.78 Å². The Kier molecular flexibility index (Phi) is 9.46. The second-order valence-electron chi connectivity index (χ2n) is 11.7. The predicted molar refractivity (Wildman–Crippen MR) is 125 cm³/mol. The molecule has 0 unspecified atom stereocenters. The van der Waals surface area contributed by atoms with Gasteiger partial charge in [-0.15, -0.1) is 0 Å². The summed E-state index contributed by atoms with van der Waals surface area (Å²) in [5, 5.41) is 0. The lowest BCUT2D eigenvalue weighted by molar-refractivity contribution is -0.201. The van der Waals surface area contributed by atoms with Gasteiger partial charge in [-0.25, -0.2) is 0 Å². The van der Waals surface area contributed by atoms with Gasteiger partial charge in [0.05, 0.1) is 13.2 Å². The Labute approximate surface area is 194 Å². The second kappa shape index (κ2) is 12.3. The highest BCUT2D eigenvalue weighted by atomic mass is 19.3. The van der Waals surface area contributed by atoms with Gasteiger partial charge in [0.2, 0.25) is 0 Å². The summed E-state index contributed by atoms with van der Waals surface area (Å²) in [6.45, 7) is 3.91. The summed E-state index contributed by atoms with van der Waals surface area (Å²) in [5.41, 5.74) is 0. The number of ether oxygens (including phenoxy) is 2. The van der Waals surface area contributed by atoms with Crippen LogP contribution in [0.3, 0.4) is 0 Å². The van der Waals surface area contributed by atoms with E-state index in [1.54, 1.807) is 0 Å². The van der Waals surface area contributed by atoms with Crippen LogP contribution in [0.1, 0.15) is 103 Å². The fraction of sp³-hybridized carbons (Fsp3) is 0.929. The Hall–Kier alpha value is -0.480. The molecule has 4 fully saturated rings. The summed E-state index contributed by atoms with van der Waals surface area (Å²) in [6.07, 6.45) is 18.9. The van der Waals surface area contributed by atoms with E-state index in [1.807, 2.05) is 0 Å². The van der Waals surface area contributed by atoms with Crippen LogP contribution in [0.15, 0.2) is 12.2 Å². The number of allylic oxidation sites excluding steroid dienone is 1. The molecule has 4 heteroatoms. The Morgan fingerprint density at radius 3 is 1.56 bits per heavy atom. The normalized spacial score (nSPS) is 41.2. The summed E-state index contributed by atoms with van der Waals surface area (Å²) >= 11 is 0. The van der Waals surface area contributed by atoms with Crippen molar-refractivity contribution < 1.29 is 18.3 Å². The zero-order valence-corrected chi connectivity index (χ0v) is 20.3. The third kappa shape index (κ3) is 7.26. The zero-order chi connectivity index (χ0) is 22.3. The van der Waals surface area contributed by atoms with Gasteiger partial charge >= 0.3 is 0 Å². The smallest absolute Gasteiger partial charge is 0.266 e. The van der Waals surface area contributed by atoms with Crippen LogP contribution in [0.4, 0.5) is 8.78 Å². The fourth-order valence-corrected chi connectivity index (χ4v) is 7.37. The van der Waals surface area contributed by atoms with Crippen molar-refractivity contribution in [2.75, 3.05) is 13.2 Å². The first-order valence-corrected chi connectivity index (χ1v) is 13.8. The van der Waals surface area contributed by atoms with Crippen LogP contribution in [-0.2, 0) is 9.47 Å². The lowest BCUT2D eigenvalue weighted by Gasteiger charge is -2.41. The Morgan fingerprint density at radius 2 is 1.09 bits per heavy atom. The van der Waals surface area contributed by atoms with E-state index in [0.717, 1.165) is 68.1 Å². The van der Waals surface area contributed by atoms with Crippen molar-refractivity contribution in [2.45, 2.75) is 110 Å². The fourth-order valence-electron chi connectivity index (χ4n) is 7.37. The highest BCUT2D eigenvalue weighted by molar-refractivity contribution is 4.88. The van der Waals surface area contributed by atoms with Gasteiger partial charge in [-0.1, -0.05) is 19.8 Å². The van der Waals surface area contributed by atoms with Gasteiger partial charge < -0.3 is 9.47 Å². The maximum Gasteiger partial charge on any atom is 0.266 e. The summed E-state index contributed by atoms with van der Waals surface area (Å²) in [7, 11) is 0. The molecule has 0 aromatic carbocycles. The molecule has 0 bridgehead atoms.